The van der Waals surface area contributed by atoms with Crippen LogP contribution in [0.5, 0.6) is 0 Å². The first-order chi connectivity index (χ1) is 10.7. The lowest BCUT2D eigenvalue weighted by Crippen LogP contribution is -2.48. The Morgan fingerprint density at radius 1 is 1.36 bits per heavy atom. The number of benzene rings is 1. The first-order valence-electron chi connectivity index (χ1n) is 8.03. The number of nitrogens with zero attached hydrogens (tertiary/aromatic N) is 1. The van der Waals surface area contributed by atoms with Gasteiger partial charge in [0.25, 0.3) is 5.91 Å². The lowest BCUT2D eigenvalue weighted by atomic mass is 10.0. The van der Waals surface area contributed by atoms with E-state index >= 15 is 0 Å². The summed E-state index contributed by atoms with van der Waals surface area (Å²) in [7, 11) is 0. The number of hydrogen-bond acceptors (Lipinski definition) is 4. The highest BCUT2D eigenvalue weighted by atomic mass is 32.2. The molecule has 2 N–H and O–H groups in total. The maximum absolute atomic E-state index is 12.9. The Balaban J connectivity index is 1.79. The minimum Gasteiger partial charge on any atom is -0.364 e. The van der Waals surface area contributed by atoms with E-state index in [4.69, 9.17) is 10.5 Å². The van der Waals surface area contributed by atoms with Crippen LogP contribution >= 0.6 is 11.8 Å². The third-order valence-electron chi connectivity index (χ3n) is 4.56. The summed E-state index contributed by atoms with van der Waals surface area (Å²) in [6.45, 7) is 3.50. The molecule has 0 aliphatic carbocycles. The molecule has 0 radical (unpaired) electrons. The minimum atomic E-state index is -0.310. The molecule has 0 saturated carbocycles. The van der Waals surface area contributed by atoms with Gasteiger partial charge in [0, 0.05) is 24.1 Å². The minimum absolute atomic E-state index is 0.0423. The largest absolute Gasteiger partial charge is 0.364 e. The molecule has 4 atom stereocenters. The van der Waals surface area contributed by atoms with Crippen molar-refractivity contribution in [1.29, 1.82) is 0 Å². The van der Waals surface area contributed by atoms with Gasteiger partial charge >= 0.3 is 0 Å². The number of nitrogens with two attached hydrogens (primary N) is 1. The molecule has 0 aromatic heterocycles. The van der Waals surface area contributed by atoms with E-state index in [1.807, 2.05) is 34.9 Å². The fourth-order valence-corrected chi connectivity index (χ4v) is 4.57. The summed E-state index contributed by atoms with van der Waals surface area (Å²) in [5.74, 6) is 1.13. The number of ether oxygens (including phenoxy) is 1. The Labute approximate surface area is 136 Å². The molecule has 2 aliphatic heterocycles. The van der Waals surface area contributed by atoms with Gasteiger partial charge in [0.1, 0.15) is 6.10 Å². The number of rotatable bonds is 3. The second-order valence-electron chi connectivity index (χ2n) is 6.02. The number of carbonyl (C=O) groups is 1. The lowest BCUT2D eigenvalue weighted by molar-refractivity contribution is -0.145. The molecule has 0 bridgehead atoms. The van der Waals surface area contributed by atoms with E-state index in [0.717, 1.165) is 25.1 Å². The SMILES string of the molecule is CC1SCCN(C(=O)[C@@H]2CC[C@H](CN)O2)C1c1ccccc1. The van der Waals surface area contributed by atoms with E-state index in [1.54, 1.807) is 0 Å². The van der Waals surface area contributed by atoms with Gasteiger partial charge in [0.05, 0.1) is 12.1 Å². The molecule has 22 heavy (non-hydrogen) atoms. The van der Waals surface area contributed by atoms with Gasteiger partial charge in [0.2, 0.25) is 0 Å². The molecule has 0 spiro atoms. The average molecular weight is 320 g/mol. The van der Waals surface area contributed by atoms with E-state index in [1.165, 1.54) is 5.56 Å². The van der Waals surface area contributed by atoms with Crippen LogP contribution in [0.2, 0.25) is 0 Å². The van der Waals surface area contributed by atoms with E-state index in [9.17, 15) is 4.79 Å². The summed E-state index contributed by atoms with van der Waals surface area (Å²) < 4.78 is 5.82. The van der Waals surface area contributed by atoms with Crippen molar-refractivity contribution >= 4 is 17.7 Å². The van der Waals surface area contributed by atoms with Gasteiger partial charge in [0.15, 0.2) is 0 Å². The van der Waals surface area contributed by atoms with Gasteiger partial charge in [-0.3, -0.25) is 4.79 Å². The monoisotopic (exact) mass is 320 g/mol. The average Bonchev–Trinajstić information content (AvgIpc) is 3.04. The van der Waals surface area contributed by atoms with Gasteiger partial charge in [-0.15, -0.1) is 0 Å². The van der Waals surface area contributed by atoms with Crippen molar-refractivity contribution < 1.29 is 9.53 Å². The van der Waals surface area contributed by atoms with Gasteiger partial charge in [-0.25, -0.2) is 0 Å². The number of thioether (sulfide) groups is 1. The van der Waals surface area contributed by atoms with Crippen LogP contribution in [0.15, 0.2) is 30.3 Å². The molecule has 2 unspecified atom stereocenters. The molecule has 1 aromatic rings. The summed E-state index contributed by atoms with van der Waals surface area (Å²) in [5, 5.41) is 0.395. The van der Waals surface area contributed by atoms with E-state index in [0.29, 0.717) is 11.8 Å². The highest BCUT2D eigenvalue weighted by molar-refractivity contribution is 8.00. The fourth-order valence-electron chi connectivity index (χ4n) is 3.41. The maximum Gasteiger partial charge on any atom is 0.252 e. The highest BCUT2D eigenvalue weighted by Gasteiger charge is 2.39. The predicted octanol–water partition coefficient (Wildman–Crippen LogP) is 2.20. The molecule has 2 aliphatic rings. The zero-order valence-corrected chi connectivity index (χ0v) is 13.8. The quantitative estimate of drug-likeness (QED) is 0.927. The van der Waals surface area contributed by atoms with Crippen LogP contribution in [-0.2, 0) is 9.53 Å². The predicted molar refractivity (Wildman–Crippen MR) is 89.8 cm³/mol. The summed E-state index contributed by atoms with van der Waals surface area (Å²) >= 11 is 1.94. The molecule has 4 nitrogen and oxygen atoms in total. The molecule has 1 aromatic carbocycles. The second-order valence-corrected chi connectivity index (χ2v) is 7.51. The standard InChI is InChI=1S/C17H24N2O2S/c1-12-16(13-5-3-2-4-6-13)19(9-10-22-12)17(20)15-8-7-14(11-18)21-15/h2-6,12,14-16H,7-11,18H2,1H3/t12?,14-,15+,16?/m1/s1. The molecule has 2 heterocycles. The van der Waals surface area contributed by atoms with Crippen LogP contribution in [0.3, 0.4) is 0 Å². The topological polar surface area (TPSA) is 55.6 Å². The Morgan fingerprint density at radius 2 is 2.14 bits per heavy atom. The first kappa shape index (κ1) is 15.8. The molecular weight excluding hydrogens is 296 g/mol. The molecule has 120 valence electrons. The lowest BCUT2D eigenvalue weighted by Gasteiger charge is -2.41. The number of carbonyl (C=O) groups excluding carboxylic acids is 1. The van der Waals surface area contributed by atoms with E-state index < -0.39 is 0 Å². The van der Waals surface area contributed by atoms with Crippen LogP contribution in [0.25, 0.3) is 0 Å². The van der Waals surface area contributed by atoms with Gasteiger partial charge < -0.3 is 15.4 Å². The van der Waals surface area contributed by atoms with E-state index in [2.05, 4.69) is 19.1 Å². The maximum atomic E-state index is 12.9. The van der Waals surface area contributed by atoms with E-state index in [-0.39, 0.29) is 24.2 Å². The van der Waals surface area contributed by atoms with Crippen molar-refractivity contribution in [2.75, 3.05) is 18.8 Å². The summed E-state index contributed by atoms with van der Waals surface area (Å²) in [6, 6.07) is 10.5. The zero-order valence-electron chi connectivity index (χ0n) is 13.0. The van der Waals surface area contributed by atoms with Crippen LogP contribution < -0.4 is 5.73 Å². The number of hydrogen-bond donors (Lipinski definition) is 1. The Bertz CT molecular complexity index is 511. The summed E-state index contributed by atoms with van der Waals surface area (Å²) in [5.41, 5.74) is 6.87. The Hall–Kier alpha value is -1.04. The summed E-state index contributed by atoms with van der Waals surface area (Å²) in [4.78, 5) is 15.0. The van der Waals surface area contributed by atoms with Crippen molar-refractivity contribution in [2.24, 2.45) is 5.73 Å². The molecule has 1 amide bonds. The van der Waals surface area contributed by atoms with Crippen molar-refractivity contribution in [3.05, 3.63) is 35.9 Å². The molecule has 2 fully saturated rings. The van der Waals surface area contributed by atoms with Crippen LogP contribution in [-0.4, -0.2) is 47.1 Å². The normalized spacial score (nSPS) is 32.2. The summed E-state index contributed by atoms with van der Waals surface area (Å²) in [6.07, 6.45) is 1.41. The highest BCUT2D eigenvalue weighted by Crippen LogP contribution is 2.37. The second kappa shape index (κ2) is 7.02. The van der Waals surface area contributed by atoms with Crippen LogP contribution in [0.4, 0.5) is 0 Å². The third kappa shape index (κ3) is 3.16. The van der Waals surface area contributed by atoms with Crippen LogP contribution in [0.1, 0.15) is 31.4 Å². The Morgan fingerprint density at radius 3 is 2.82 bits per heavy atom. The fraction of sp³-hybridized carbons (Fsp3) is 0.588. The van der Waals surface area contributed by atoms with Crippen molar-refractivity contribution in [3.8, 4) is 0 Å². The Kier molecular flexibility index (Phi) is 5.06. The molecular formula is C17H24N2O2S. The third-order valence-corrected chi connectivity index (χ3v) is 5.77. The van der Waals surface area contributed by atoms with Gasteiger partial charge in [-0.05, 0) is 18.4 Å². The van der Waals surface area contributed by atoms with Crippen LogP contribution in [0, 0.1) is 0 Å². The van der Waals surface area contributed by atoms with Crippen molar-refractivity contribution in [3.63, 3.8) is 0 Å². The van der Waals surface area contributed by atoms with Crippen molar-refractivity contribution in [2.45, 2.75) is 43.3 Å². The van der Waals surface area contributed by atoms with Gasteiger partial charge in [-0.1, -0.05) is 37.3 Å². The molecule has 2 saturated heterocycles. The number of amides is 1. The first-order valence-corrected chi connectivity index (χ1v) is 9.08. The van der Waals surface area contributed by atoms with Gasteiger partial charge in [-0.2, -0.15) is 11.8 Å². The molecule has 3 rings (SSSR count). The smallest absolute Gasteiger partial charge is 0.252 e. The molecule has 5 heteroatoms. The zero-order chi connectivity index (χ0) is 15.5. The van der Waals surface area contributed by atoms with Crippen molar-refractivity contribution in [1.82, 2.24) is 4.90 Å².